The molecule has 0 spiro atoms. The molecule has 0 amide bonds. The molecule has 2 aliphatic rings. The van der Waals surface area contributed by atoms with E-state index < -0.39 is 48.4 Å². The van der Waals surface area contributed by atoms with Crippen molar-refractivity contribution < 1.29 is 33.3 Å². The molecule has 5 rings (SSSR count). The lowest BCUT2D eigenvalue weighted by Gasteiger charge is -2.40. The van der Waals surface area contributed by atoms with E-state index in [-0.39, 0.29) is 0 Å². The van der Waals surface area contributed by atoms with Gasteiger partial charge in [-0.1, -0.05) is 54.6 Å². The van der Waals surface area contributed by atoms with Gasteiger partial charge in [-0.3, -0.25) is 0 Å². The Balaban J connectivity index is 1.44. The van der Waals surface area contributed by atoms with E-state index in [2.05, 4.69) is 0 Å². The van der Waals surface area contributed by atoms with Crippen LogP contribution in [-0.4, -0.2) is 48.4 Å². The number of fused-ring (bicyclic) bond motifs is 2. The Labute approximate surface area is 202 Å². The highest BCUT2D eigenvalue weighted by atomic mass is 16.6. The fraction of sp³-hybridized carbons (Fsp3) is 0.250. The van der Waals surface area contributed by atoms with Crippen molar-refractivity contribution in [2.75, 3.05) is 0 Å². The zero-order valence-corrected chi connectivity index (χ0v) is 18.8. The Bertz CT molecular complexity index is 1110. The van der Waals surface area contributed by atoms with Gasteiger partial charge in [0.05, 0.1) is 28.9 Å². The summed E-state index contributed by atoms with van der Waals surface area (Å²) in [7, 11) is 0. The van der Waals surface area contributed by atoms with Crippen LogP contribution >= 0.6 is 0 Å². The highest BCUT2D eigenvalue weighted by molar-refractivity contribution is 5.91. The molecule has 0 N–H and O–H groups in total. The van der Waals surface area contributed by atoms with Crippen LogP contribution in [0.3, 0.4) is 0 Å². The molecule has 0 aliphatic carbocycles. The number of carbonyl (C=O) groups excluding carboxylic acids is 3. The number of ether oxygens (including phenoxy) is 4. The van der Waals surface area contributed by atoms with Gasteiger partial charge in [0.2, 0.25) is 0 Å². The lowest BCUT2D eigenvalue weighted by molar-refractivity contribution is -0.196. The van der Waals surface area contributed by atoms with Crippen LogP contribution in [0.15, 0.2) is 91.0 Å². The monoisotopic (exact) mass is 472 g/mol. The number of hydrogen-bond acceptors (Lipinski definition) is 7. The van der Waals surface area contributed by atoms with Crippen LogP contribution in [0.25, 0.3) is 0 Å². The second-order valence-electron chi connectivity index (χ2n) is 8.50. The zero-order chi connectivity index (χ0) is 24.2. The maximum Gasteiger partial charge on any atom is 0.338 e. The van der Waals surface area contributed by atoms with Gasteiger partial charge >= 0.3 is 17.9 Å². The molecule has 2 heterocycles. The maximum absolute atomic E-state index is 13.0. The van der Waals surface area contributed by atoms with Gasteiger partial charge in [0, 0.05) is 0 Å². The Morgan fingerprint density at radius 1 is 0.514 bits per heavy atom. The molecule has 178 valence electrons. The fourth-order valence-electron chi connectivity index (χ4n) is 4.50. The topological polar surface area (TPSA) is 88.1 Å². The SMILES string of the molecule is O=C(OC1C2CCC(O2)C(OC(=O)c2ccccc2)C1OC(=O)c1ccccc1)c1ccccc1. The first-order valence-corrected chi connectivity index (χ1v) is 11.5. The lowest BCUT2D eigenvalue weighted by Crippen LogP contribution is -2.58. The number of esters is 3. The van der Waals surface area contributed by atoms with Crippen molar-refractivity contribution in [3.05, 3.63) is 108 Å². The number of hydrogen-bond donors (Lipinski definition) is 0. The van der Waals surface area contributed by atoms with Gasteiger partial charge in [0.1, 0.15) is 0 Å². The predicted molar refractivity (Wildman–Crippen MR) is 125 cm³/mol. The number of benzene rings is 3. The smallest absolute Gasteiger partial charge is 0.338 e. The van der Waals surface area contributed by atoms with Crippen LogP contribution in [0, 0.1) is 0 Å². The third kappa shape index (κ3) is 4.95. The van der Waals surface area contributed by atoms with E-state index in [0.29, 0.717) is 29.5 Å². The molecule has 35 heavy (non-hydrogen) atoms. The van der Waals surface area contributed by atoms with Crippen LogP contribution in [0.5, 0.6) is 0 Å². The average molecular weight is 472 g/mol. The molecular formula is C28H24O7. The Kier molecular flexibility index (Phi) is 6.59. The molecule has 0 aromatic heterocycles. The van der Waals surface area contributed by atoms with Gasteiger partial charge in [0.25, 0.3) is 0 Å². The minimum absolute atomic E-state index is 0.340. The van der Waals surface area contributed by atoms with Crippen LogP contribution in [-0.2, 0) is 18.9 Å². The van der Waals surface area contributed by atoms with Crippen LogP contribution < -0.4 is 0 Å². The van der Waals surface area contributed by atoms with Crippen molar-refractivity contribution >= 4 is 17.9 Å². The quantitative estimate of drug-likeness (QED) is 0.392. The van der Waals surface area contributed by atoms with Crippen molar-refractivity contribution in [1.29, 1.82) is 0 Å². The van der Waals surface area contributed by atoms with Crippen molar-refractivity contribution in [2.24, 2.45) is 0 Å². The zero-order valence-electron chi connectivity index (χ0n) is 18.8. The minimum atomic E-state index is -1.03. The minimum Gasteiger partial charge on any atom is -0.452 e. The molecule has 4 atom stereocenters. The third-order valence-corrected chi connectivity index (χ3v) is 6.22. The Morgan fingerprint density at radius 3 is 1.17 bits per heavy atom. The second kappa shape index (κ2) is 10.1. The van der Waals surface area contributed by atoms with E-state index in [1.54, 1.807) is 91.0 Å². The van der Waals surface area contributed by atoms with Crippen LogP contribution in [0.2, 0.25) is 0 Å². The van der Waals surface area contributed by atoms with E-state index in [9.17, 15) is 14.4 Å². The molecular weight excluding hydrogens is 448 g/mol. The van der Waals surface area contributed by atoms with Crippen molar-refractivity contribution in [3.8, 4) is 0 Å². The first kappa shape index (κ1) is 22.8. The van der Waals surface area contributed by atoms with E-state index in [0.717, 1.165) is 0 Å². The van der Waals surface area contributed by atoms with Gasteiger partial charge in [-0.2, -0.15) is 0 Å². The molecule has 7 heteroatoms. The highest BCUT2D eigenvalue weighted by Crippen LogP contribution is 2.38. The summed E-state index contributed by atoms with van der Waals surface area (Å²) in [5, 5.41) is 0. The van der Waals surface area contributed by atoms with Gasteiger partial charge in [-0.25, -0.2) is 14.4 Å². The van der Waals surface area contributed by atoms with Crippen molar-refractivity contribution in [3.63, 3.8) is 0 Å². The summed E-state index contributed by atoms with van der Waals surface area (Å²) in [5.41, 5.74) is 1.06. The highest BCUT2D eigenvalue weighted by Gasteiger charge is 2.55. The molecule has 7 nitrogen and oxygen atoms in total. The summed E-state index contributed by atoms with van der Waals surface area (Å²) >= 11 is 0. The fourth-order valence-corrected chi connectivity index (χ4v) is 4.50. The summed E-state index contributed by atoms with van der Waals surface area (Å²) in [4.78, 5) is 38.8. The van der Waals surface area contributed by atoms with Gasteiger partial charge in [-0.05, 0) is 49.2 Å². The van der Waals surface area contributed by atoms with Crippen LogP contribution in [0.1, 0.15) is 43.9 Å². The summed E-state index contributed by atoms with van der Waals surface area (Å²) in [6.45, 7) is 0. The number of rotatable bonds is 6. The molecule has 3 aromatic rings. The standard InChI is InChI=1S/C28H24O7/c29-26(18-10-4-1-5-11-18)33-23-21-16-17-22(32-21)24(34-27(30)19-12-6-2-7-13-19)25(23)35-28(31)20-14-8-3-9-15-20/h1-15,21-25H,16-17H2. The number of carbonyl (C=O) groups is 3. The molecule has 2 bridgehead atoms. The van der Waals surface area contributed by atoms with Crippen LogP contribution in [0.4, 0.5) is 0 Å². The predicted octanol–water partition coefficient (Wildman–Crippen LogP) is 4.22. The molecule has 0 saturated carbocycles. The molecule has 2 saturated heterocycles. The van der Waals surface area contributed by atoms with Crippen molar-refractivity contribution in [2.45, 2.75) is 43.4 Å². The summed E-state index contributed by atoms with van der Waals surface area (Å²) < 4.78 is 23.6. The van der Waals surface area contributed by atoms with Gasteiger partial charge < -0.3 is 18.9 Å². The summed E-state index contributed by atoms with van der Waals surface area (Å²) in [6.07, 6.45) is -2.72. The normalized spacial score (nSPS) is 24.9. The van der Waals surface area contributed by atoms with Crippen molar-refractivity contribution in [1.82, 2.24) is 0 Å². The summed E-state index contributed by atoms with van der Waals surface area (Å²) in [5.74, 6) is -1.74. The van der Waals surface area contributed by atoms with E-state index in [1.807, 2.05) is 0 Å². The second-order valence-corrected chi connectivity index (χ2v) is 8.50. The molecule has 0 radical (unpaired) electrons. The van der Waals surface area contributed by atoms with E-state index in [4.69, 9.17) is 18.9 Å². The maximum atomic E-state index is 13.0. The Morgan fingerprint density at radius 2 is 0.829 bits per heavy atom. The lowest BCUT2D eigenvalue weighted by atomic mass is 9.99. The molecule has 3 aromatic carbocycles. The first-order valence-electron chi connectivity index (χ1n) is 11.5. The first-order chi connectivity index (χ1) is 17.1. The molecule has 2 aliphatic heterocycles. The average Bonchev–Trinajstić information content (AvgIpc) is 3.35. The van der Waals surface area contributed by atoms with Gasteiger partial charge in [0.15, 0.2) is 18.3 Å². The molecule has 4 unspecified atom stereocenters. The van der Waals surface area contributed by atoms with Gasteiger partial charge in [-0.15, -0.1) is 0 Å². The van der Waals surface area contributed by atoms with E-state index in [1.165, 1.54) is 0 Å². The third-order valence-electron chi connectivity index (χ3n) is 6.22. The largest absolute Gasteiger partial charge is 0.452 e. The Hall–Kier alpha value is -3.97. The van der Waals surface area contributed by atoms with E-state index >= 15 is 0 Å². The molecule has 2 fully saturated rings. The summed E-state index contributed by atoms with van der Waals surface area (Å²) in [6, 6.07) is 25.6.